The second-order valence-corrected chi connectivity index (χ2v) is 5.03. The third kappa shape index (κ3) is 3.01. The lowest BCUT2D eigenvalue weighted by Crippen LogP contribution is -2.35. The van der Waals surface area contributed by atoms with E-state index < -0.39 is 23.2 Å². The molecule has 0 aliphatic carbocycles. The van der Waals surface area contributed by atoms with Gasteiger partial charge in [0.05, 0.1) is 11.6 Å². The molecular weight excluding hydrogens is 233 g/mol. The number of carbonyl (C=O) groups excluding carboxylic acids is 2. The molecule has 1 unspecified atom stereocenters. The first-order valence-electron chi connectivity index (χ1n) is 5.50. The van der Waals surface area contributed by atoms with Crippen LogP contribution in [0.4, 0.5) is 4.39 Å². The molecule has 0 radical (unpaired) electrons. The van der Waals surface area contributed by atoms with Gasteiger partial charge in [-0.1, -0.05) is 32.9 Å². The van der Waals surface area contributed by atoms with Gasteiger partial charge >= 0.3 is 0 Å². The van der Waals surface area contributed by atoms with Crippen molar-refractivity contribution < 1.29 is 14.0 Å². The molecule has 0 aliphatic rings. The summed E-state index contributed by atoms with van der Waals surface area (Å²) in [6, 6.07) is 7.53. The van der Waals surface area contributed by atoms with Gasteiger partial charge in [-0.05, 0) is 12.1 Å². The van der Waals surface area contributed by atoms with Gasteiger partial charge in [-0.15, -0.1) is 0 Å². The van der Waals surface area contributed by atoms with Crippen molar-refractivity contribution >= 4 is 11.6 Å². The van der Waals surface area contributed by atoms with Crippen LogP contribution in [-0.2, 0) is 4.79 Å². The maximum Gasteiger partial charge on any atom is 0.221 e. The first-order valence-corrected chi connectivity index (χ1v) is 5.50. The summed E-state index contributed by atoms with van der Waals surface area (Å²) in [6.45, 7) is 4.67. The zero-order valence-electron chi connectivity index (χ0n) is 10.5. The molecule has 0 heterocycles. The molecule has 1 aromatic rings. The van der Waals surface area contributed by atoms with Gasteiger partial charge in [0.25, 0.3) is 0 Å². The lowest BCUT2D eigenvalue weighted by molar-refractivity contribution is -0.129. The van der Waals surface area contributed by atoms with Crippen LogP contribution in [0.15, 0.2) is 24.3 Å². The number of Topliss-reactive ketones (excluding diaryl/α,β-unsaturated/α-hetero) is 2. The Morgan fingerprint density at radius 1 is 1.33 bits per heavy atom. The smallest absolute Gasteiger partial charge is 0.221 e. The molecule has 1 aromatic carbocycles. The van der Waals surface area contributed by atoms with Gasteiger partial charge in [0.15, 0.2) is 5.78 Å². The van der Waals surface area contributed by atoms with Gasteiger partial charge in [-0.2, -0.15) is 5.26 Å². The van der Waals surface area contributed by atoms with Gasteiger partial charge in [0, 0.05) is 11.0 Å². The van der Waals surface area contributed by atoms with Gasteiger partial charge in [0.2, 0.25) is 12.0 Å². The van der Waals surface area contributed by atoms with E-state index in [1.807, 2.05) is 6.07 Å². The second kappa shape index (κ2) is 5.09. The predicted octanol–water partition coefficient (Wildman–Crippen LogP) is 2.69. The average Bonchev–Trinajstić information content (AvgIpc) is 2.35. The highest BCUT2D eigenvalue weighted by Crippen LogP contribution is 2.21. The quantitative estimate of drug-likeness (QED) is 0.609. The topological polar surface area (TPSA) is 57.9 Å². The molecule has 1 rings (SSSR count). The van der Waals surface area contributed by atoms with Crippen molar-refractivity contribution in [2.24, 2.45) is 5.41 Å². The molecule has 0 amide bonds. The molecule has 0 fully saturated rings. The van der Waals surface area contributed by atoms with Crippen LogP contribution in [0.5, 0.6) is 0 Å². The van der Waals surface area contributed by atoms with Crippen molar-refractivity contribution in [2.45, 2.75) is 26.9 Å². The van der Waals surface area contributed by atoms with Crippen LogP contribution in [0.1, 0.15) is 36.7 Å². The van der Waals surface area contributed by atoms with E-state index in [4.69, 9.17) is 5.26 Å². The fourth-order valence-electron chi connectivity index (χ4n) is 1.39. The first-order chi connectivity index (χ1) is 8.27. The Labute approximate surface area is 105 Å². The van der Waals surface area contributed by atoms with Crippen LogP contribution in [0.25, 0.3) is 0 Å². The van der Waals surface area contributed by atoms with Crippen LogP contribution < -0.4 is 0 Å². The lowest BCUT2D eigenvalue weighted by atomic mass is 9.86. The van der Waals surface area contributed by atoms with Crippen molar-refractivity contribution in [3.63, 3.8) is 0 Å². The molecule has 3 nitrogen and oxygen atoms in total. The molecule has 0 saturated carbocycles. The molecule has 0 bridgehead atoms. The standard InChI is InChI=1S/C14H14FNO2/c1-14(2,3)13(18)11(15)12(17)10-6-4-5-9(7-10)8-16/h4-7,11H,1-3H3. The monoisotopic (exact) mass is 247 g/mol. The number of hydrogen-bond acceptors (Lipinski definition) is 3. The van der Waals surface area contributed by atoms with Gasteiger partial charge < -0.3 is 0 Å². The number of halogens is 1. The molecule has 94 valence electrons. The highest BCUT2D eigenvalue weighted by Gasteiger charge is 2.35. The SMILES string of the molecule is CC(C)(C)C(=O)C(F)C(=O)c1cccc(C#N)c1. The van der Waals surface area contributed by atoms with Crippen LogP contribution >= 0.6 is 0 Å². The molecular formula is C14H14FNO2. The average molecular weight is 247 g/mol. The number of benzene rings is 1. The summed E-state index contributed by atoms with van der Waals surface area (Å²) in [7, 11) is 0. The fraction of sp³-hybridized carbons (Fsp3) is 0.357. The van der Waals surface area contributed by atoms with E-state index in [1.165, 1.54) is 24.3 Å². The molecule has 0 N–H and O–H groups in total. The number of hydrogen-bond donors (Lipinski definition) is 0. The number of ketones is 2. The minimum atomic E-state index is -2.18. The Morgan fingerprint density at radius 3 is 2.44 bits per heavy atom. The summed E-state index contributed by atoms with van der Waals surface area (Å²) >= 11 is 0. The number of rotatable bonds is 3. The summed E-state index contributed by atoms with van der Waals surface area (Å²) < 4.78 is 13.8. The minimum absolute atomic E-state index is 0.0409. The summed E-state index contributed by atoms with van der Waals surface area (Å²) in [5, 5.41) is 8.70. The van der Waals surface area contributed by atoms with E-state index in [9.17, 15) is 14.0 Å². The summed E-state index contributed by atoms with van der Waals surface area (Å²) in [6.07, 6.45) is -2.18. The number of nitrogens with zero attached hydrogens (tertiary/aromatic N) is 1. The lowest BCUT2D eigenvalue weighted by Gasteiger charge is -2.18. The van der Waals surface area contributed by atoms with E-state index in [-0.39, 0.29) is 11.1 Å². The summed E-state index contributed by atoms with van der Waals surface area (Å²) in [5.74, 6) is -1.65. The Bertz CT molecular complexity index is 523. The maximum absolute atomic E-state index is 13.8. The third-order valence-electron chi connectivity index (χ3n) is 2.48. The van der Waals surface area contributed by atoms with Crippen LogP contribution in [0.2, 0.25) is 0 Å². The Balaban J connectivity index is 3.01. The fourth-order valence-corrected chi connectivity index (χ4v) is 1.39. The highest BCUT2D eigenvalue weighted by atomic mass is 19.1. The summed E-state index contributed by atoms with van der Waals surface area (Å²) in [4.78, 5) is 23.5. The van der Waals surface area contributed by atoms with Crippen LogP contribution in [-0.4, -0.2) is 17.7 Å². The van der Waals surface area contributed by atoms with Crippen molar-refractivity contribution in [1.29, 1.82) is 5.26 Å². The van der Waals surface area contributed by atoms with Crippen LogP contribution in [0.3, 0.4) is 0 Å². The van der Waals surface area contributed by atoms with E-state index in [0.717, 1.165) is 0 Å². The van der Waals surface area contributed by atoms with E-state index >= 15 is 0 Å². The van der Waals surface area contributed by atoms with E-state index in [0.29, 0.717) is 0 Å². The molecule has 1 atom stereocenters. The molecule has 0 aliphatic heterocycles. The van der Waals surface area contributed by atoms with Crippen molar-refractivity contribution in [3.05, 3.63) is 35.4 Å². The number of carbonyl (C=O) groups is 2. The van der Waals surface area contributed by atoms with Crippen LogP contribution in [0, 0.1) is 16.7 Å². The second-order valence-electron chi connectivity index (χ2n) is 5.03. The van der Waals surface area contributed by atoms with Crippen molar-refractivity contribution in [2.75, 3.05) is 0 Å². The predicted molar refractivity (Wildman–Crippen MR) is 64.8 cm³/mol. The number of nitriles is 1. The zero-order chi connectivity index (χ0) is 13.9. The van der Waals surface area contributed by atoms with Gasteiger partial charge in [-0.25, -0.2) is 4.39 Å². The first kappa shape index (κ1) is 14.0. The van der Waals surface area contributed by atoms with Crippen molar-refractivity contribution in [3.8, 4) is 6.07 Å². The molecule has 0 saturated heterocycles. The van der Waals surface area contributed by atoms with E-state index in [2.05, 4.69) is 0 Å². The normalized spacial score (nSPS) is 12.6. The minimum Gasteiger partial charge on any atom is -0.295 e. The molecule has 4 heteroatoms. The van der Waals surface area contributed by atoms with E-state index in [1.54, 1.807) is 20.8 Å². The number of alkyl halides is 1. The third-order valence-corrected chi connectivity index (χ3v) is 2.48. The molecule has 0 aromatic heterocycles. The Kier molecular flexibility index (Phi) is 3.97. The summed E-state index contributed by atoms with van der Waals surface area (Å²) in [5.41, 5.74) is -0.613. The Hall–Kier alpha value is -2.02. The highest BCUT2D eigenvalue weighted by molar-refractivity contribution is 6.14. The van der Waals surface area contributed by atoms with Gasteiger partial charge in [-0.3, -0.25) is 9.59 Å². The maximum atomic E-state index is 13.8. The van der Waals surface area contributed by atoms with Crippen molar-refractivity contribution in [1.82, 2.24) is 0 Å². The zero-order valence-corrected chi connectivity index (χ0v) is 10.5. The molecule has 0 spiro atoms. The Morgan fingerprint density at radius 2 is 1.94 bits per heavy atom. The molecule has 18 heavy (non-hydrogen) atoms. The van der Waals surface area contributed by atoms with Gasteiger partial charge in [0.1, 0.15) is 0 Å². The largest absolute Gasteiger partial charge is 0.295 e.